The Kier molecular flexibility index (Phi) is 3.34. The summed E-state index contributed by atoms with van der Waals surface area (Å²) in [6.07, 6.45) is 0. The van der Waals surface area contributed by atoms with E-state index in [1.165, 1.54) is 4.90 Å². The molecule has 8 heteroatoms. The molecule has 2 aliphatic heterocycles. The molecule has 0 saturated carbocycles. The van der Waals surface area contributed by atoms with Gasteiger partial charge in [-0.3, -0.25) is 9.59 Å². The number of alkyl halides is 1. The second kappa shape index (κ2) is 5.17. The smallest absolute Gasteiger partial charge is 0.320 e. The normalized spacial score (nSPS) is 19.5. The van der Waals surface area contributed by atoms with Gasteiger partial charge in [-0.25, -0.2) is 4.79 Å². The number of imide groups is 1. The summed E-state index contributed by atoms with van der Waals surface area (Å²) in [5.74, 6) is -0.686. The number of hydrogen-bond donors (Lipinski definition) is 1. The fraction of sp³-hybridized carbons (Fsp3) is 0.231. The van der Waals surface area contributed by atoms with Gasteiger partial charge in [-0.05, 0) is 6.07 Å². The lowest BCUT2D eigenvalue weighted by molar-refractivity contribution is -0.125. The fourth-order valence-electron chi connectivity index (χ4n) is 2.22. The van der Waals surface area contributed by atoms with E-state index in [4.69, 9.17) is 11.6 Å². The molecule has 1 saturated heterocycles. The van der Waals surface area contributed by atoms with E-state index in [1.807, 2.05) is 0 Å². The minimum absolute atomic E-state index is 0.0556. The lowest BCUT2D eigenvalue weighted by Gasteiger charge is -2.12. The van der Waals surface area contributed by atoms with E-state index >= 15 is 0 Å². The van der Waals surface area contributed by atoms with Crippen molar-refractivity contribution in [1.82, 2.24) is 9.91 Å². The number of hydrazone groups is 1. The predicted molar refractivity (Wildman–Crippen MR) is 76.1 cm³/mol. The average molecular weight is 307 g/mol. The Morgan fingerprint density at radius 2 is 2.00 bits per heavy atom. The Morgan fingerprint density at radius 3 is 2.76 bits per heavy atom. The van der Waals surface area contributed by atoms with Crippen LogP contribution in [-0.4, -0.2) is 52.4 Å². The van der Waals surface area contributed by atoms with Crippen LogP contribution < -0.4 is 5.32 Å². The van der Waals surface area contributed by atoms with Gasteiger partial charge in [0.2, 0.25) is 0 Å². The first-order chi connectivity index (χ1) is 10.1. The van der Waals surface area contributed by atoms with E-state index in [-0.39, 0.29) is 24.7 Å². The highest BCUT2D eigenvalue weighted by Crippen LogP contribution is 2.24. The van der Waals surface area contributed by atoms with Gasteiger partial charge in [-0.15, -0.1) is 16.6 Å². The minimum Gasteiger partial charge on any atom is -0.320 e. The lowest BCUT2D eigenvalue weighted by Crippen LogP contribution is -2.32. The molecule has 0 unspecified atom stereocenters. The van der Waals surface area contributed by atoms with Gasteiger partial charge in [0.25, 0.3) is 11.8 Å². The zero-order valence-corrected chi connectivity index (χ0v) is 11.6. The van der Waals surface area contributed by atoms with Crippen LogP contribution in [0.2, 0.25) is 0 Å². The molecule has 2 heterocycles. The summed E-state index contributed by atoms with van der Waals surface area (Å²) in [6.45, 7) is 0.182. The number of nitrogens with zero attached hydrogens (tertiary/aromatic N) is 3. The zero-order chi connectivity index (χ0) is 15.0. The number of para-hydroxylation sites is 1. The van der Waals surface area contributed by atoms with Crippen molar-refractivity contribution >= 4 is 40.8 Å². The van der Waals surface area contributed by atoms with Crippen LogP contribution in [0.15, 0.2) is 29.4 Å². The van der Waals surface area contributed by atoms with Crippen molar-refractivity contribution < 1.29 is 14.4 Å². The summed E-state index contributed by atoms with van der Waals surface area (Å²) in [5, 5.41) is 7.31. The van der Waals surface area contributed by atoms with Crippen molar-refractivity contribution in [2.24, 2.45) is 5.10 Å². The molecule has 1 aromatic carbocycles. The first kappa shape index (κ1) is 13.6. The van der Waals surface area contributed by atoms with E-state index in [2.05, 4.69) is 10.4 Å². The van der Waals surface area contributed by atoms with Crippen molar-refractivity contribution in [1.29, 1.82) is 0 Å². The molecule has 7 nitrogen and oxygen atoms in total. The summed E-state index contributed by atoms with van der Waals surface area (Å²) in [5.41, 5.74) is 1.23. The average Bonchev–Trinajstić information content (AvgIpc) is 2.91. The second-order valence-electron chi connectivity index (χ2n) is 4.55. The lowest BCUT2D eigenvalue weighted by atomic mass is 10.1. The number of halogens is 1. The molecule has 0 atom stereocenters. The second-order valence-corrected chi connectivity index (χ2v) is 4.92. The number of carbonyl (C=O) groups excluding carboxylic acids is 3. The summed E-state index contributed by atoms with van der Waals surface area (Å²) < 4.78 is 0. The molecule has 1 fully saturated rings. The molecule has 0 spiro atoms. The zero-order valence-electron chi connectivity index (χ0n) is 10.9. The van der Waals surface area contributed by atoms with E-state index in [9.17, 15) is 14.4 Å². The predicted octanol–water partition coefficient (Wildman–Crippen LogP) is 0.846. The van der Waals surface area contributed by atoms with Gasteiger partial charge in [-0.2, -0.15) is 5.10 Å². The topological polar surface area (TPSA) is 82.1 Å². The van der Waals surface area contributed by atoms with Gasteiger partial charge >= 0.3 is 6.03 Å². The van der Waals surface area contributed by atoms with Crippen molar-refractivity contribution in [3.8, 4) is 0 Å². The van der Waals surface area contributed by atoms with Crippen LogP contribution >= 0.6 is 11.6 Å². The summed E-state index contributed by atoms with van der Waals surface area (Å²) in [6, 6.07) is 6.39. The first-order valence-corrected chi connectivity index (χ1v) is 6.82. The Labute approximate surface area is 125 Å². The van der Waals surface area contributed by atoms with Crippen LogP contribution in [0.3, 0.4) is 0 Å². The summed E-state index contributed by atoms with van der Waals surface area (Å²) >= 11 is 5.58. The fourth-order valence-corrected chi connectivity index (χ4v) is 2.42. The molecule has 0 radical (unpaired) electrons. The van der Waals surface area contributed by atoms with Gasteiger partial charge in [0.05, 0.1) is 5.69 Å². The number of carbonyl (C=O) groups is 3. The molecule has 1 N–H and O–H groups in total. The molecule has 2 aliphatic rings. The van der Waals surface area contributed by atoms with E-state index in [0.717, 1.165) is 5.01 Å². The number of rotatable bonds is 3. The van der Waals surface area contributed by atoms with Crippen LogP contribution in [0.25, 0.3) is 0 Å². The Morgan fingerprint density at radius 1 is 1.24 bits per heavy atom. The van der Waals surface area contributed by atoms with E-state index < -0.39 is 17.8 Å². The molecule has 21 heavy (non-hydrogen) atoms. The molecule has 4 amide bonds. The largest absolute Gasteiger partial charge is 0.348 e. The van der Waals surface area contributed by atoms with Crippen LogP contribution in [0.5, 0.6) is 0 Å². The van der Waals surface area contributed by atoms with Gasteiger partial charge in [0, 0.05) is 18.0 Å². The van der Waals surface area contributed by atoms with Crippen LogP contribution in [-0.2, 0) is 9.59 Å². The number of nitrogens with one attached hydrogen (secondary N) is 1. The molecule has 0 aromatic heterocycles. The quantitative estimate of drug-likeness (QED) is 0.664. The standard InChI is InChI=1S/C13H11ClN4O3/c14-5-6-17-7-10(19)18(13(17)21)16-11-8-3-1-2-4-9(8)15-12(11)20/h1-4H,5-7H2,(H,15,16,20). The Bertz CT molecular complexity index is 673. The monoisotopic (exact) mass is 306 g/mol. The number of urea groups is 1. The van der Waals surface area contributed by atoms with E-state index in [1.54, 1.807) is 24.3 Å². The van der Waals surface area contributed by atoms with Crippen molar-refractivity contribution in [2.75, 3.05) is 24.3 Å². The molecular formula is C13H11ClN4O3. The summed E-state index contributed by atoms with van der Waals surface area (Å²) in [7, 11) is 0. The van der Waals surface area contributed by atoms with Crippen molar-refractivity contribution in [3.05, 3.63) is 29.8 Å². The third kappa shape index (κ3) is 2.25. The molecule has 1 aromatic rings. The van der Waals surface area contributed by atoms with Crippen LogP contribution in [0.4, 0.5) is 10.5 Å². The highest BCUT2D eigenvalue weighted by Gasteiger charge is 2.38. The maximum atomic E-state index is 12.0. The number of fused-ring (bicyclic) bond motifs is 1. The molecule has 3 rings (SSSR count). The first-order valence-electron chi connectivity index (χ1n) is 6.29. The van der Waals surface area contributed by atoms with Crippen LogP contribution in [0.1, 0.15) is 5.56 Å². The molecular weight excluding hydrogens is 296 g/mol. The highest BCUT2D eigenvalue weighted by molar-refractivity contribution is 6.53. The van der Waals surface area contributed by atoms with Gasteiger partial charge < -0.3 is 10.2 Å². The van der Waals surface area contributed by atoms with Crippen molar-refractivity contribution in [3.63, 3.8) is 0 Å². The third-order valence-corrected chi connectivity index (χ3v) is 3.38. The summed E-state index contributed by atoms with van der Waals surface area (Å²) in [4.78, 5) is 37.1. The SMILES string of the molecule is O=C1Nc2ccccc2/C1=N/N1C(=O)CN(CCCl)C1=O. The van der Waals surface area contributed by atoms with Crippen molar-refractivity contribution in [2.45, 2.75) is 0 Å². The third-order valence-electron chi connectivity index (χ3n) is 3.21. The minimum atomic E-state index is -0.565. The highest BCUT2D eigenvalue weighted by atomic mass is 35.5. The van der Waals surface area contributed by atoms with Gasteiger partial charge in [0.1, 0.15) is 6.54 Å². The number of anilines is 1. The maximum absolute atomic E-state index is 12.0. The van der Waals surface area contributed by atoms with Crippen LogP contribution in [0, 0.1) is 0 Å². The Hall–Kier alpha value is -2.41. The van der Waals surface area contributed by atoms with E-state index in [0.29, 0.717) is 11.3 Å². The Balaban J connectivity index is 1.94. The maximum Gasteiger partial charge on any atom is 0.348 e. The molecule has 108 valence electrons. The molecule has 0 aliphatic carbocycles. The number of amides is 4. The van der Waals surface area contributed by atoms with Gasteiger partial charge in [-0.1, -0.05) is 18.2 Å². The van der Waals surface area contributed by atoms with Gasteiger partial charge in [0.15, 0.2) is 5.71 Å². The number of hydrogen-bond acceptors (Lipinski definition) is 4. The number of benzene rings is 1. The molecule has 0 bridgehead atoms.